The summed E-state index contributed by atoms with van der Waals surface area (Å²) >= 11 is 0. The number of aromatic nitrogens is 4. The maximum atomic E-state index is 6.19. The van der Waals surface area contributed by atoms with Crippen LogP contribution in [0.2, 0.25) is 0 Å². The van der Waals surface area contributed by atoms with Crippen LogP contribution in [0.4, 0.5) is 0 Å². The van der Waals surface area contributed by atoms with E-state index < -0.39 is 0 Å². The van der Waals surface area contributed by atoms with Gasteiger partial charge in [-0.3, -0.25) is 4.90 Å². The van der Waals surface area contributed by atoms with E-state index in [4.69, 9.17) is 4.42 Å². The normalized spacial score (nSPS) is 17.7. The Hall–Kier alpha value is -2.86. The van der Waals surface area contributed by atoms with Crippen molar-refractivity contribution in [3.63, 3.8) is 0 Å². The molecule has 0 saturated carbocycles. The Morgan fingerprint density at radius 2 is 2.15 bits per heavy atom. The summed E-state index contributed by atoms with van der Waals surface area (Å²) in [6.07, 6.45) is 6.39. The number of fused-ring (bicyclic) bond motifs is 2. The topological polar surface area (TPSA) is 73.7 Å². The smallest absolute Gasteiger partial charge is 0.134 e. The molecule has 6 heteroatoms. The molecular weight excluding hydrogens is 326 g/mol. The summed E-state index contributed by atoms with van der Waals surface area (Å²) in [5, 5.41) is 1.20. The molecule has 1 atom stereocenters. The molecule has 0 radical (unpaired) electrons. The summed E-state index contributed by atoms with van der Waals surface area (Å²) < 4.78 is 6.19. The lowest BCUT2D eigenvalue weighted by Gasteiger charge is -2.33. The van der Waals surface area contributed by atoms with Crippen molar-refractivity contribution in [1.29, 1.82) is 0 Å². The predicted octanol–water partition coefficient (Wildman–Crippen LogP) is 3.64. The van der Waals surface area contributed by atoms with E-state index in [9.17, 15) is 0 Å². The minimum absolute atomic E-state index is 0.00866. The van der Waals surface area contributed by atoms with Crippen molar-refractivity contribution in [1.82, 2.24) is 24.8 Å². The Morgan fingerprint density at radius 3 is 3.00 bits per heavy atom. The molecule has 26 heavy (non-hydrogen) atoms. The largest absolute Gasteiger partial charge is 0.459 e. The Kier molecular flexibility index (Phi) is 3.46. The standard InChI is InChI=1S/C20H21N5O/c1-12-3-4-16-14(9-12)13(2)17(26-16)10-25-8-5-15-18(24-11-23-15)19(25)20-21-6-7-22-20/h3-4,6-7,9,11,19H,5,8,10H2,1-2H3,(H,21,22)(H,23,24)/t19-/m0/s1. The van der Waals surface area contributed by atoms with Gasteiger partial charge >= 0.3 is 0 Å². The van der Waals surface area contributed by atoms with Crippen molar-refractivity contribution in [2.75, 3.05) is 6.54 Å². The zero-order valence-electron chi connectivity index (χ0n) is 14.9. The van der Waals surface area contributed by atoms with Crippen LogP contribution < -0.4 is 0 Å². The van der Waals surface area contributed by atoms with Crippen molar-refractivity contribution in [2.45, 2.75) is 32.9 Å². The second kappa shape index (κ2) is 5.85. The van der Waals surface area contributed by atoms with E-state index in [0.717, 1.165) is 42.4 Å². The molecular formula is C20H21N5O. The van der Waals surface area contributed by atoms with Gasteiger partial charge in [0.25, 0.3) is 0 Å². The fourth-order valence-electron chi connectivity index (χ4n) is 3.95. The van der Waals surface area contributed by atoms with Crippen LogP contribution in [0.3, 0.4) is 0 Å². The van der Waals surface area contributed by atoms with E-state index in [1.807, 2.05) is 6.20 Å². The van der Waals surface area contributed by atoms with Crippen molar-refractivity contribution in [3.05, 3.63) is 71.0 Å². The zero-order chi connectivity index (χ0) is 17.7. The highest BCUT2D eigenvalue weighted by atomic mass is 16.3. The monoisotopic (exact) mass is 347 g/mol. The first-order chi connectivity index (χ1) is 12.7. The highest BCUT2D eigenvalue weighted by molar-refractivity contribution is 5.82. The van der Waals surface area contributed by atoms with Crippen LogP contribution in [-0.4, -0.2) is 31.4 Å². The third-order valence-electron chi connectivity index (χ3n) is 5.34. The van der Waals surface area contributed by atoms with Crippen molar-refractivity contribution in [2.24, 2.45) is 0 Å². The third kappa shape index (κ3) is 2.37. The van der Waals surface area contributed by atoms with Gasteiger partial charge < -0.3 is 14.4 Å². The average Bonchev–Trinajstić information content (AvgIpc) is 3.37. The second-order valence-corrected chi connectivity index (χ2v) is 7.01. The van der Waals surface area contributed by atoms with Crippen LogP contribution in [0.5, 0.6) is 0 Å². The molecule has 6 nitrogen and oxygen atoms in total. The number of aryl methyl sites for hydroxylation is 2. The summed E-state index contributed by atoms with van der Waals surface area (Å²) in [5.41, 5.74) is 5.67. The number of nitrogens with one attached hydrogen (secondary N) is 2. The molecule has 0 saturated heterocycles. The number of hydrogen-bond donors (Lipinski definition) is 2. The van der Waals surface area contributed by atoms with E-state index >= 15 is 0 Å². The van der Waals surface area contributed by atoms with Gasteiger partial charge in [-0.25, -0.2) is 9.97 Å². The molecule has 1 aliphatic rings. The summed E-state index contributed by atoms with van der Waals surface area (Å²) in [6.45, 7) is 5.92. The first-order valence-corrected chi connectivity index (χ1v) is 8.95. The molecule has 3 aromatic heterocycles. The average molecular weight is 347 g/mol. The van der Waals surface area contributed by atoms with Crippen LogP contribution in [0.1, 0.15) is 40.1 Å². The van der Waals surface area contributed by atoms with Gasteiger partial charge in [0, 0.05) is 36.4 Å². The van der Waals surface area contributed by atoms with Gasteiger partial charge in [0.15, 0.2) is 0 Å². The van der Waals surface area contributed by atoms with Crippen molar-refractivity contribution in [3.8, 4) is 0 Å². The van der Waals surface area contributed by atoms with Gasteiger partial charge in [0.2, 0.25) is 0 Å². The Labute approximate surface area is 151 Å². The first kappa shape index (κ1) is 15.4. The molecule has 4 aromatic rings. The number of furan rings is 1. The molecule has 0 fully saturated rings. The summed E-state index contributed by atoms with van der Waals surface area (Å²) in [7, 11) is 0. The maximum absolute atomic E-state index is 6.19. The van der Waals surface area contributed by atoms with Gasteiger partial charge in [-0.1, -0.05) is 11.6 Å². The number of aromatic amines is 2. The molecule has 5 rings (SSSR count). The summed E-state index contributed by atoms with van der Waals surface area (Å²) in [4.78, 5) is 18.0. The van der Waals surface area contributed by atoms with E-state index in [1.165, 1.54) is 22.2 Å². The number of nitrogens with zero attached hydrogens (tertiary/aromatic N) is 3. The fourth-order valence-corrected chi connectivity index (χ4v) is 3.95. The Balaban J connectivity index is 1.54. The quantitative estimate of drug-likeness (QED) is 0.593. The maximum Gasteiger partial charge on any atom is 0.134 e. The molecule has 1 aliphatic heterocycles. The molecule has 0 aliphatic carbocycles. The minimum atomic E-state index is 0.00866. The van der Waals surface area contributed by atoms with Crippen LogP contribution in [0.25, 0.3) is 11.0 Å². The second-order valence-electron chi connectivity index (χ2n) is 7.01. The number of rotatable bonds is 3. The van der Waals surface area contributed by atoms with Crippen LogP contribution in [-0.2, 0) is 13.0 Å². The lowest BCUT2D eigenvalue weighted by atomic mass is 10.0. The molecule has 0 unspecified atom stereocenters. The third-order valence-corrected chi connectivity index (χ3v) is 5.34. The van der Waals surface area contributed by atoms with E-state index in [1.54, 1.807) is 12.5 Å². The van der Waals surface area contributed by atoms with Crippen LogP contribution in [0, 0.1) is 13.8 Å². The number of H-pyrrole nitrogens is 2. The number of hydrogen-bond acceptors (Lipinski definition) is 4. The highest BCUT2D eigenvalue weighted by Gasteiger charge is 2.33. The van der Waals surface area contributed by atoms with Gasteiger partial charge in [-0.15, -0.1) is 0 Å². The Bertz CT molecular complexity index is 1060. The van der Waals surface area contributed by atoms with E-state index in [0.29, 0.717) is 0 Å². The molecule has 132 valence electrons. The molecule has 0 spiro atoms. The predicted molar refractivity (Wildman–Crippen MR) is 98.8 cm³/mol. The van der Waals surface area contributed by atoms with E-state index in [-0.39, 0.29) is 6.04 Å². The van der Waals surface area contributed by atoms with Crippen molar-refractivity contribution >= 4 is 11.0 Å². The zero-order valence-corrected chi connectivity index (χ0v) is 14.9. The molecule has 1 aromatic carbocycles. The molecule has 0 bridgehead atoms. The SMILES string of the molecule is Cc1ccc2oc(CN3CCc4[nH]cnc4[C@H]3c3ncc[nH]3)c(C)c2c1. The van der Waals surface area contributed by atoms with Gasteiger partial charge in [0.05, 0.1) is 18.6 Å². The number of benzene rings is 1. The van der Waals surface area contributed by atoms with Crippen molar-refractivity contribution < 1.29 is 4.42 Å². The first-order valence-electron chi connectivity index (χ1n) is 8.95. The lowest BCUT2D eigenvalue weighted by Crippen LogP contribution is -2.36. The number of imidazole rings is 2. The van der Waals surface area contributed by atoms with Gasteiger partial charge in [-0.05, 0) is 31.5 Å². The highest BCUT2D eigenvalue weighted by Crippen LogP contribution is 2.34. The minimum Gasteiger partial charge on any atom is -0.459 e. The molecule has 0 amide bonds. The van der Waals surface area contributed by atoms with Gasteiger partial charge in [0.1, 0.15) is 23.2 Å². The van der Waals surface area contributed by atoms with E-state index in [2.05, 4.69) is 56.9 Å². The van der Waals surface area contributed by atoms with Gasteiger partial charge in [-0.2, -0.15) is 0 Å². The van der Waals surface area contributed by atoms with Crippen LogP contribution >= 0.6 is 0 Å². The molecule has 2 N–H and O–H groups in total. The Morgan fingerprint density at radius 1 is 1.23 bits per heavy atom. The summed E-state index contributed by atoms with van der Waals surface area (Å²) in [5.74, 6) is 1.93. The van der Waals surface area contributed by atoms with Crippen LogP contribution in [0.15, 0.2) is 41.3 Å². The molecule has 4 heterocycles. The summed E-state index contributed by atoms with van der Waals surface area (Å²) in [6, 6.07) is 6.36. The fraction of sp³-hybridized carbons (Fsp3) is 0.300. The lowest BCUT2D eigenvalue weighted by molar-refractivity contribution is 0.180.